The van der Waals surface area contributed by atoms with Gasteiger partial charge in [0.25, 0.3) is 0 Å². The van der Waals surface area contributed by atoms with Crippen molar-refractivity contribution < 1.29 is 28.6 Å². The van der Waals surface area contributed by atoms with Gasteiger partial charge in [0.05, 0.1) is 33.2 Å². The lowest BCUT2D eigenvalue weighted by Crippen LogP contribution is -2.42. The highest BCUT2D eigenvalue weighted by atomic mass is 16.5. The van der Waals surface area contributed by atoms with Crippen molar-refractivity contribution in [2.75, 3.05) is 34.9 Å². The normalized spacial score (nSPS) is 27.7. The van der Waals surface area contributed by atoms with Crippen LogP contribution in [0.3, 0.4) is 0 Å². The maximum Gasteiger partial charge on any atom is 0.324 e. The molecule has 0 bridgehead atoms. The van der Waals surface area contributed by atoms with Gasteiger partial charge in [0, 0.05) is 6.54 Å². The van der Waals surface area contributed by atoms with Crippen molar-refractivity contribution in [3.8, 4) is 0 Å². The highest BCUT2D eigenvalue weighted by Gasteiger charge is 2.52. The maximum atomic E-state index is 11.8. The fourth-order valence-corrected chi connectivity index (χ4v) is 2.28. The Morgan fingerprint density at radius 1 is 0.944 bits per heavy atom. The molecule has 1 aliphatic heterocycles. The summed E-state index contributed by atoms with van der Waals surface area (Å²) in [5, 5.41) is 0. The molecule has 0 aromatic carbocycles. The van der Waals surface area contributed by atoms with Gasteiger partial charge in [-0.25, -0.2) is 0 Å². The van der Waals surface area contributed by atoms with Gasteiger partial charge in [-0.3, -0.25) is 19.3 Å². The largest absolute Gasteiger partial charge is 0.469 e. The summed E-state index contributed by atoms with van der Waals surface area (Å²) >= 11 is 0. The number of likely N-dealkylation sites (tertiary alicyclic amines) is 1. The van der Waals surface area contributed by atoms with Gasteiger partial charge in [-0.1, -0.05) is 0 Å². The van der Waals surface area contributed by atoms with Gasteiger partial charge in [-0.15, -0.1) is 0 Å². The minimum absolute atomic E-state index is 0.242. The van der Waals surface area contributed by atoms with Gasteiger partial charge in [-0.05, 0) is 7.05 Å². The third kappa shape index (κ3) is 2.45. The SMILES string of the molecule is COC(=O)C1[C@H](C(=O)OC)[C@@H](C(=O)OC)CN1C. The van der Waals surface area contributed by atoms with E-state index < -0.39 is 35.8 Å². The first-order valence-corrected chi connectivity index (χ1v) is 5.41. The molecular weight excluding hydrogens is 242 g/mol. The molecule has 0 spiro atoms. The molecule has 1 saturated heterocycles. The molecular formula is C11H17NO6. The van der Waals surface area contributed by atoms with E-state index in [-0.39, 0.29) is 6.54 Å². The maximum absolute atomic E-state index is 11.8. The molecule has 7 nitrogen and oxygen atoms in total. The van der Waals surface area contributed by atoms with Crippen molar-refractivity contribution in [1.82, 2.24) is 4.90 Å². The number of carbonyl (C=O) groups excluding carboxylic acids is 3. The number of likely N-dealkylation sites (N-methyl/N-ethyl adjacent to an activating group) is 1. The average molecular weight is 259 g/mol. The Hall–Kier alpha value is -1.63. The standard InChI is InChI=1S/C11H17NO6/c1-12-5-6(9(13)16-2)7(10(14)17-3)8(12)11(15)18-4/h6-8H,5H2,1-4H3/t6-,7+,8?/m0/s1. The molecule has 0 radical (unpaired) electrons. The molecule has 1 heterocycles. The Balaban J connectivity index is 3.06. The van der Waals surface area contributed by atoms with Crippen LogP contribution in [-0.2, 0) is 28.6 Å². The van der Waals surface area contributed by atoms with Crippen LogP contribution in [0.25, 0.3) is 0 Å². The minimum Gasteiger partial charge on any atom is -0.469 e. The Kier molecular flexibility index (Phi) is 4.66. The molecule has 0 amide bonds. The zero-order chi connectivity index (χ0) is 13.9. The third-order valence-corrected chi connectivity index (χ3v) is 3.15. The fourth-order valence-electron chi connectivity index (χ4n) is 2.28. The molecule has 0 N–H and O–H groups in total. The Morgan fingerprint density at radius 2 is 1.44 bits per heavy atom. The van der Waals surface area contributed by atoms with E-state index in [0.717, 1.165) is 0 Å². The number of esters is 3. The van der Waals surface area contributed by atoms with E-state index in [9.17, 15) is 14.4 Å². The molecule has 1 fully saturated rings. The van der Waals surface area contributed by atoms with Gasteiger partial charge < -0.3 is 14.2 Å². The molecule has 1 rings (SSSR count). The first kappa shape index (κ1) is 14.4. The van der Waals surface area contributed by atoms with E-state index in [2.05, 4.69) is 14.2 Å². The summed E-state index contributed by atoms with van der Waals surface area (Å²) < 4.78 is 13.9. The van der Waals surface area contributed by atoms with Gasteiger partial charge in [-0.2, -0.15) is 0 Å². The Morgan fingerprint density at radius 3 is 1.89 bits per heavy atom. The van der Waals surface area contributed by atoms with Crippen molar-refractivity contribution >= 4 is 17.9 Å². The van der Waals surface area contributed by atoms with Gasteiger partial charge in [0.15, 0.2) is 0 Å². The summed E-state index contributed by atoms with van der Waals surface area (Å²) in [5.74, 6) is -3.36. The molecule has 0 aromatic heterocycles. The Labute approximate surface area is 105 Å². The average Bonchev–Trinajstić information content (AvgIpc) is 2.73. The van der Waals surface area contributed by atoms with Crippen LogP contribution in [0, 0.1) is 11.8 Å². The molecule has 102 valence electrons. The number of hydrogen-bond acceptors (Lipinski definition) is 7. The predicted molar refractivity (Wildman–Crippen MR) is 59.4 cm³/mol. The van der Waals surface area contributed by atoms with Crippen LogP contribution in [0.5, 0.6) is 0 Å². The summed E-state index contributed by atoms with van der Waals surface area (Å²) in [6.45, 7) is 0.242. The number of ether oxygens (including phenoxy) is 3. The lowest BCUT2D eigenvalue weighted by Gasteiger charge is -2.21. The van der Waals surface area contributed by atoms with E-state index in [1.165, 1.54) is 21.3 Å². The number of hydrogen-bond donors (Lipinski definition) is 0. The van der Waals surface area contributed by atoms with Crippen LogP contribution in [0.15, 0.2) is 0 Å². The van der Waals surface area contributed by atoms with E-state index in [4.69, 9.17) is 0 Å². The molecule has 18 heavy (non-hydrogen) atoms. The zero-order valence-electron chi connectivity index (χ0n) is 10.8. The molecule has 0 saturated carbocycles. The fraction of sp³-hybridized carbons (Fsp3) is 0.727. The first-order chi connectivity index (χ1) is 8.47. The van der Waals surface area contributed by atoms with Crippen LogP contribution in [-0.4, -0.2) is 63.8 Å². The summed E-state index contributed by atoms with van der Waals surface area (Å²) in [7, 11) is 5.32. The molecule has 1 aliphatic rings. The number of methoxy groups -OCH3 is 3. The second-order valence-electron chi connectivity index (χ2n) is 4.09. The van der Waals surface area contributed by atoms with Crippen LogP contribution < -0.4 is 0 Å². The quantitative estimate of drug-likeness (QED) is 0.477. The van der Waals surface area contributed by atoms with Crippen LogP contribution in [0.2, 0.25) is 0 Å². The Bertz CT molecular complexity index is 355. The third-order valence-electron chi connectivity index (χ3n) is 3.15. The topological polar surface area (TPSA) is 82.1 Å². The number of rotatable bonds is 3. The van der Waals surface area contributed by atoms with Crippen LogP contribution in [0.1, 0.15) is 0 Å². The molecule has 0 aromatic rings. The van der Waals surface area contributed by atoms with Gasteiger partial charge >= 0.3 is 17.9 Å². The van der Waals surface area contributed by atoms with Crippen molar-refractivity contribution in [3.63, 3.8) is 0 Å². The summed E-state index contributed by atoms with van der Waals surface area (Å²) in [4.78, 5) is 36.7. The van der Waals surface area contributed by atoms with E-state index in [1.54, 1.807) is 11.9 Å². The zero-order valence-corrected chi connectivity index (χ0v) is 10.8. The molecule has 7 heteroatoms. The van der Waals surface area contributed by atoms with E-state index in [1.807, 2.05) is 0 Å². The highest BCUT2D eigenvalue weighted by molar-refractivity contribution is 5.90. The molecule has 1 unspecified atom stereocenters. The minimum atomic E-state index is -0.903. The van der Waals surface area contributed by atoms with Gasteiger partial charge in [0.2, 0.25) is 0 Å². The summed E-state index contributed by atoms with van der Waals surface area (Å²) in [6.07, 6.45) is 0. The number of carbonyl (C=O) groups is 3. The van der Waals surface area contributed by atoms with Gasteiger partial charge in [0.1, 0.15) is 6.04 Å². The first-order valence-electron chi connectivity index (χ1n) is 5.41. The summed E-state index contributed by atoms with van der Waals surface area (Å²) in [6, 6.07) is -0.827. The van der Waals surface area contributed by atoms with Crippen molar-refractivity contribution in [1.29, 1.82) is 0 Å². The lowest BCUT2D eigenvalue weighted by atomic mass is 9.90. The van der Waals surface area contributed by atoms with Crippen LogP contribution >= 0.6 is 0 Å². The monoisotopic (exact) mass is 259 g/mol. The summed E-state index contributed by atoms with van der Waals surface area (Å²) in [5.41, 5.74) is 0. The van der Waals surface area contributed by atoms with Crippen molar-refractivity contribution in [2.45, 2.75) is 6.04 Å². The van der Waals surface area contributed by atoms with Crippen molar-refractivity contribution in [3.05, 3.63) is 0 Å². The molecule has 0 aliphatic carbocycles. The van der Waals surface area contributed by atoms with Crippen LogP contribution in [0.4, 0.5) is 0 Å². The second kappa shape index (κ2) is 5.81. The molecule has 3 atom stereocenters. The van der Waals surface area contributed by atoms with Crippen molar-refractivity contribution in [2.24, 2.45) is 11.8 Å². The number of nitrogens with zero attached hydrogens (tertiary/aromatic N) is 1. The van der Waals surface area contributed by atoms with E-state index >= 15 is 0 Å². The second-order valence-corrected chi connectivity index (χ2v) is 4.09. The lowest BCUT2D eigenvalue weighted by molar-refractivity contribution is -0.160. The van der Waals surface area contributed by atoms with E-state index in [0.29, 0.717) is 0 Å². The highest BCUT2D eigenvalue weighted by Crippen LogP contribution is 2.31. The smallest absolute Gasteiger partial charge is 0.324 e. The predicted octanol–water partition coefficient (Wildman–Crippen LogP) is -0.948.